The molecule has 224 valence electrons. The van der Waals surface area contributed by atoms with Gasteiger partial charge >= 0.3 is 0 Å². The first-order valence-electron chi connectivity index (χ1n) is 14.0. The second kappa shape index (κ2) is 12.3. The molecule has 2 heterocycles. The SMILES string of the molecule is COc1ccc([C@H](C(=O)Nc2ccc3c(c2)OCO3)N(Cc2ccccc2C)C(=O)Cn2nnc3ccccc32)cc1OC. The molecule has 2 amide bonds. The summed E-state index contributed by atoms with van der Waals surface area (Å²) in [7, 11) is 3.06. The molecule has 0 saturated carbocycles. The lowest BCUT2D eigenvalue weighted by Gasteiger charge is -2.32. The molecule has 44 heavy (non-hydrogen) atoms. The molecular formula is C33H31N5O6. The van der Waals surface area contributed by atoms with Gasteiger partial charge in [0.15, 0.2) is 23.0 Å². The Bertz CT molecular complexity index is 1840. The van der Waals surface area contributed by atoms with E-state index in [4.69, 9.17) is 18.9 Å². The number of methoxy groups -OCH3 is 2. The van der Waals surface area contributed by atoms with E-state index in [0.717, 1.165) is 11.1 Å². The predicted octanol–water partition coefficient (Wildman–Crippen LogP) is 4.89. The number of ether oxygens (including phenoxy) is 4. The van der Waals surface area contributed by atoms with Crippen LogP contribution < -0.4 is 24.3 Å². The number of para-hydroxylation sites is 1. The Kier molecular flexibility index (Phi) is 8.00. The van der Waals surface area contributed by atoms with Crippen molar-refractivity contribution < 1.29 is 28.5 Å². The van der Waals surface area contributed by atoms with Crippen molar-refractivity contribution in [3.8, 4) is 23.0 Å². The number of aromatic nitrogens is 3. The molecule has 0 bridgehead atoms. The van der Waals surface area contributed by atoms with Gasteiger partial charge in [0, 0.05) is 18.3 Å². The summed E-state index contributed by atoms with van der Waals surface area (Å²) in [6.45, 7) is 2.11. The molecule has 1 N–H and O–H groups in total. The topological polar surface area (TPSA) is 117 Å². The molecule has 11 heteroatoms. The van der Waals surface area contributed by atoms with Gasteiger partial charge in [0.2, 0.25) is 12.7 Å². The highest BCUT2D eigenvalue weighted by molar-refractivity contribution is 5.98. The number of fused-ring (bicyclic) bond motifs is 2. The Morgan fingerprint density at radius 3 is 2.52 bits per heavy atom. The van der Waals surface area contributed by atoms with Crippen LogP contribution in [0.5, 0.6) is 23.0 Å². The number of nitrogens with one attached hydrogen (secondary N) is 1. The summed E-state index contributed by atoms with van der Waals surface area (Å²) >= 11 is 0. The van der Waals surface area contributed by atoms with Crippen LogP contribution in [0.4, 0.5) is 5.69 Å². The molecule has 5 aromatic rings. The van der Waals surface area contributed by atoms with Gasteiger partial charge in [-0.2, -0.15) is 0 Å². The number of hydrogen-bond donors (Lipinski definition) is 1. The summed E-state index contributed by atoms with van der Waals surface area (Å²) in [5, 5.41) is 11.4. The summed E-state index contributed by atoms with van der Waals surface area (Å²) in [6, 6.07) is 24.5. The van der Waals surface area contributed by atoms with Crippen LogP contribution in [0.1, 0.15) is 22.7 Å². The summed E-state index contributed by atoms with van der Waals surface area (Å²) in [6.07, 6.45) is 0. The highest BCUT2D eigenvalue weighted by Gasteiger charge is 2.33. The Balaban J connectivity index is 1.43. The third-order valence-electron chi connectivity index (χ3n) is 7.55. The van der Waals surface area contributed by atoms with Crippen LogP contribution in [0.3, 0.4) is 0 Å². The monoisotopic (exact) mass is 593 g/mol. The maximum Gasteiger partial charge on any atom is 0.251 e. The number of rotatable bonds is 10. The number of carbonyl (C=O) groups excluding carboxylic acids is 2. The fraction of sp³-hybridized carbons (Fsp3) is 0.212. The highest BCUT2D eigenvalue weighted by Crippen LogP contribution is 2.36. The molecule has 1 aliphatic heterocycles. The van der Waals surface area contributed by atoms with Gasteiger partial charge < -0.3 is 29.2 Å². The zero-order chi connectivity index (χ0) is 30.6. The van der Waals surface area contributed by atoms with Crippen molar-refractivity contribution in [2.45, 2.75) is 26.1 Å². The summed E-state index contributed by atoms with van der Waals surface area (Å²) in [4.78, 5) is 30.2. The van der Waals surface area contributed by atoms with E-state index in [1.54, 1.807) is 46.0 Å². The van der Waals surface area contributed by atoms with E-state index < -0.39 is 11.9 Å². The first-order chi connectivity index (χ1) is 21.4. The van der Waals surface area contributed by atoms with Crippen LogP contribution in [0.2, 0.25) is 0 Å². The van der Waals surface area contributed by atoms with Crippen LogP contribution in [0.15, 0.2) is 84.9 Å². The lowest BCUT2D eigenvalue weighted by atomic mass is 10.0. The van der Waals surface area contributed by atoms with Gasteiger partial charge in [0.05, 0.1) is 19.7 Å². The zero-order valence-corrected chi connectivity index (χ0v) is 24.5. The van der Waals surface area contributed by atoms with E-state index in [9.17, 15) is 9.59 Å². The fourth-order valence-corrected chi connectivity index (χ4v) is 5.23. The zero-order valence-electron chi connectivity index (χ0n) is 24.5. The summed E-state index contributed by atoms with van der Waals surface area (Å²) in [5.41, 5.74) is 4.29. The Labute approximate surface area is 253 Å². The molecule has 6 rings (SSSR count). The third kappa shape index (κ3) is 5.71. The van der Waals surface area contributed by atoms with E-state index in [2.05, 4.69) is 15.6 Å². The molecule has 1 atom stereocenters. The van der Waals surface area contributed by atoms with E-state index in [0.29, 0.717) is 45.3 Å². The van der Waals surface area contributed by atoms with Crippen LogP contribution in [-0.4, -0.2) is 52.7 Å². The van der Waals surface area contributed by atoms with Gasteiger partial charge in [-0.15, -0.1) is 5.10 Å². The molecule has 0 aliphatic carbocycles. The maximum absolute atomic E-state index is 14.3. The number of anilines is 1. The van der Waals surface area contributed by atoms with Crippen molar-refractivity contribution in [3.63, 3.8) is 0 Å². The highest BCUT2D eigenvalue weighted by atomic mass is 16.7. The normalized spacial score (nSPS) is 12.5. The molecule has 0 spiro atoms. The third-order valence-corrected chi connectivity index (χ3v) is 7.55. The summed E-state index contributed by atoms with van der Waals surface area (Å²) in [5.74, 6) is 1.28. The molecule has 0 radical (unpaired) electrons. The van der Waals surface area contributed by atoms with Gasteiger partial charge in [0.25, 0.3) is 5.91 Å². The predicted molar refractivity (Wildman–Crippen MR) is 163 cm³/mol. The average molecular weight is 594 g/mol. The van der Waals surface area contributed by atoms with Crippen LogP contribution in [-0.2, 0) is 22.7 Å². The van der Waals surface area contributed by atoms with E-state index in [1.807, 2.05) is 55.5 Å². The molecule has 4 aromatic carbocycles. The quantitative estimate of drug-likeness (QED) is 0.243. The van der Waals surface area contributed by atoms with Gasteiger partial charge in [-0.25, -0.2) is 4.68 Å². The molecular weight excluding hydrogens is 562 g/mol. The summed E-state index contributed by atoms with van der Waals surface area (Å²) < 4.78 is 23.5. The Hall–Kier alpha value is -5.58. The number of carbonyl (C=O) groups is 2. The molecule has 1 aromatic heterocycles. The first-order valence-corrected chi connectivity index (χ1v) is 14.0. The lowest BCUT2D eigenvalue weighted by Crippen LogP contribution is -2.42. The largest absolute Gasteiger partial charge is 0.493 e. The Morgan fingerprint density at radius 2 is 1.70 bits per heavy atom. The smallest absolute Gasteiger partial charge is 0.251 e. The first kappa shape index (κ1) is 28.5. The fourth-order valence-electron chi connectivity index (χ4n) is 5.23. The van der Waals surface area contributed by atoms with Crippen molar-refractivity contribution in [2.24, 2.45) is 0 Å². The van der Waals surface area contributed by atoms with Crippen molar-refractivity contribution in [3.05, 3.63) is 102 Å². The van der Waals surface area contributed by atoms with Crippen molar-refractivity contribution in [2.75, 3.05) is 26.3 Å². The number of benzene rings is 4. The Morgan fingerprint density at radius 1 is 0.932 bits per heavy atom. The second-order valence-electron chi connectivity index (χ2n) is 10.3. The van der Waals surface area contributed by atoms with Crippen molar-refractivity contribution in [1.29, 1.82) is 0 Å². The number of nitrogens with zero attached hydrogens (tertiary/aromatic N) is 4. The molecule has 0 saturated heterocycles. The van der Waals surface area contributed by atoms with Gasteiger partial charge in [-0.1, -0.05) is 47.7 Å². The van der Waals surface area contributed by atoms with Crippen LogP contribution in [0, 0.1) is 6.92 Å². The van der Waals surface area contributed by atoms with E-state index in [-0.39, 0.29) is 25.8 Å². The molecule has 0 unspecified atom stereocenters. The average Bonchev–Trinajstić information content (AvgIpc) is 3.68. The van der Waals surface area contributed by atoms with Crippen LogP contribution >= 0.6 is 0 Å². The van der Waals surface area contributed by atoms with Crippen LogP contribution in [0.25, 0.3) is 11.0 Å². The van der Waals surface area contributed by atoms with Crippen molar-refractivity contribution >= 4 is 28.5 Å². The minimum atomic E-state index is -1.07. The van der Waals surface area contributed by atoms with Gasteiger partial charge in [-0.05, 0) is 60.0 Å². The maximum atomic E-state index is 14.3. The van der Waals surface area contributed by atoms with E-state index >= 15 is 0 Å². The number of hydrogen-bond acceptors (Lipinski definition) is 8. The lowest BCUT2D eigenvalue weighted by molar-refractivity contribution is -0.140. The minimum Gasteiger partial charge on any atom is -0.493 e. The standard InChI is InChI=1S/C33H31N5O6/c1-21-8-4-5-9-23(21)18-37(31(39)19-38-26-11-7-6-10-25(26)35-36-38)32(22-12-14-27(41-2)29(16-22)42-3)33(40)34-24-13-15-28-30(17-24)44-20-43-28/h4-17,32H,18-20H2,1-3H3,(H,34,40)/t32-/m1/s1. The second-order valence-corrected chi connectivity index (χ2v) is 10.3. The number of aryl methyl sites for hydroxylation is 1. The van der Waals surface area contributed by atoms with Gasteiger partial charge in [0.1, 0.15) is 18.1 Å². The molecule has 1 aliphatic rings. The van der Waals surface area contributed by atoms with Gasteiger partial charge in [-0.3, -0.25) is 9.59 Å². The van der Waals surface area contributed by atoms with E-state index in [1.165, 1.54) is 14.2 Å². The number of amides is 2. The molecule has 11 nitrogen and oxygen atoms in total. The molecule has 0 fully saturated rings. The minimum absolute atomic E-state index is 0.108. The van der Waals surface area contributed by atoms with Crippen molar-refractivity contribution in [1.82, 2.24) is 19.9 Å².